The molecule has 2 aromatic rings. The lowest BCUT2D eigenvalue weighted by Crippen LogP contribution is -2.28. The Balaban J connectivity index is 2.38. The van der Waals surface area contributed by atoms with Gasteiger partial charge in [-0.1, -0.05) is 38.0 Å². The number of nitrogens with one attached hydrogen (secondary N) is 1. The van der Waals surface area contributed by atoms with E-state index in [1.54, 1.807) is 0 Å². The van der Waals surface area contributed by atoms with Gasteiger partial charge < -0.3 is 0 Å². The fourth-order valence-corrected chi connectivity index (χ4v) is 2.18. The molecule has 0 amide bonds. The Hall–Kier alpha value is -1.45. The van der Waals surface area contributed by atoms with Crippen LogP contribution in [0.2, 0.25) is 0 Å². The molecule has 0 aliphatic heterocycles. The van der Waals surface area contributed by atoms with Crippen LogP contribution in [0, 0.1) is 0 Å². The molecule has 0 aliphatic rings. The topological polar surface area (TPSA) is 50.9 Å². The van der Waals surface area contributed by atoms with Crippen LogP contribution >= 0.6 is 0 Å². The SMILES string of the molecule is CCCCC(NN)c1cccc2ccncc12. The third-order valence-electron chi connectivity index (χ3n) is 3.14. The molecule has 0 aliphatic carbocycles. The fraction of sp³-hybridized carbons (Fsp3) is 0.357. The van der Waals surface area contributed by atoms with E-state index in [-0.39, 0.29) is 6.04 Å². The molecular weight excluding hydrogens is 210 g/mol. The van der Waals surface area contributed by atoms with Gasteiger partial charge in [-0.3, -0.25) is 16.3 Å². The van der Waals surface area contributed by atoms with Crippen molar-refractivity contribution in [1.29, 1.82) is 0 Å². The average Bonchev–Trinajstić information content (AvgIpc) is 2.40. The molecule has 0 bridgehead atoms. The summed E-state index contributed by atoms with van der Waals surface area (Å²) >= 11 is 0. The highest BCUT2D eigenvalue weighted by Gasteiger charge is 2.11. The van der Waals surface area contributed by atoms with E-state index < -0.39 is 0 Å². The molecule has 1 unspecified atom stereocenters. The zero-order valence-electron chi connectivity index (χ0n) is 10.2. The van der Waals surface area contributed by atoms with Gasteiger partial charge in [0.1, 0.15) is 0 Å². The normalized spacial score (nSPS) is 12.8. The minimum atomic E-state index is 0.211. The van der Waals surface area contributed by atoms with Crippen LogP contribution in [0.4, 0.5) is 0 Å². The summed E-state index contributed by atoms with van der Waals surface area (Å²) in [4.78, 5) is 4.20. The summed E-state index contributed by atoms with van der Waals surface area (Å²) in [5.41, 5.74) is 4.16. The second-order valence-electron chi connectivity index (χ2n) is 4.31. The molecule has 1 aromatic carbocycles. The van der Waals surface area contributed by atoms with E-state index in [0.717, 1.165) is 6.42 Å². The Labute approximate surface area is 102 Å². The van der Waals surface area contributed by atoms with Gasteiger partial charge in [-0.05, 0) is 23.4 Å². The molecule has 3 N–H and O–H groups in total. The lowest BCUT2D eigenvalue weighted by Gasteiger charge is -2.17. The standard InChI is InChI=1S/C14H19N3/c1-2-3-7-14(17-15)12-6-4-5-11-8-9-16-10-13(11)12/h4-6,8-10,14,17H,2-3,7,15H2,1H3. The number of nitrogens with two attached hydrogens (primary N) is 1. The third-order valence-corrected chi connectivity index (χ3v) is 3.14. The zero-order chi connectivity index (χ0) is 12.1. The van der Waals surface area contributed by atoms with Gasteiger partial charge in [-0.15, -0.1) is 0 Å². The van der Waals surface area contributed by atoms with Crippen LogP contribution in [0.5, 0.6) is 0 Å². The molecule has 1 atom stereocenters. The number of hydrogen-bond donors (Lipinski definition) is 2. The van der Waals surface area contributed by atoms with E-state index in [4.69, 9.17) is 5.84 Å². The van der Waals surface area contributed by atoms with Crippen molar-refractivity contribution < 1.29 is 0 Å². The van der Waals surface area contributed by atoms with Crippen LogP contribution in [-0.4, -0.2) is 4.98 Å². The van der Waals surface area contributed by atoms with E-state index in [1.807, 2.05) is 18.5 Å². The van der Waals surface area contributed by atoms with E-state index in [2.05, 4.69) is 35.5 Å². The first-order valence-electron chi connectivity index (χ1n) is 6.15. The van der Waals surface area contributed by atoms with Crippen LogP contribution in [0.25, 0.3) is 10.8 Å². The molecule has 1 aromatic heterocycles. The summed E-state index contributed by atoms with van der Waals surface area (Å²) in [7, 11) is 0. The Morgan fingerprint density at radius 2 is 2.24 bits per heavy atom. The quantitative estimate of drug-likeness (QED) is 0.612. The number of benzene rings is 1. The molecule has 0 saturated heterocycles. The van der Waals surface area contributed by atoms with E-state index in [9.17, 15) is 0 Å². The van der Waals surface area contributed by atoms with Gasteiger partial charge >= 0.3 is 0 Å². The van der Waals surface area contributed by atoms with Crippen molar-refractivity contribution >= 4 is 10.8 Å². The van der Waals surface area contributed by atoms with Gasteiger partial charge in [0, 0.05) is 23.8 Å². The van der Waals surface area contributed by atoms with Gasteiger partial charge in [0.2, 0.25) is 0 Å². The number of nitrogens with zero attached hydrogens (tertiary/aromatic N) is 1. The second-order valence-corrected chi connectivity index (χ2v) is 4.31. The van der Waals surface area contributed by atoms with Crippen molar-refractivity contribution in [3.63, 3.8) is 0 Å². The lowest BCUT2D eigenvalue weighted by atomic mass is 9.97. The summed E-state index contributed by atoms with van der Waals surface area (Å²) in [6.07, 6.45) is 7.15. The highest BCUT2D eigenvalue weighted by atomic mass is 15.2. The first kappa shape index (κ1) is 12.0. The maximum Gasteiger partial charge on any atom is 0.0466 e. The highest BCUT2D eigenvalue weighted by Crippen LogP contribution is 2.26. The van der Waals surface area contributed by atoms with Crippen molar-refractivity contribution in [2.45, 2.75) is 32.2 Å². The minimum absolute atomic E-state index is 0.211. The van der Waals surface area contributed by atoms with Crippen molar-refractivity contribution in [3.8, 4) is 0 Å². The van der Waals surface area contributed by atoms with Gasteiger partial charge in [0.25, 0.3) is 0 Å². The first-order valence-corrected chi connectivity index (χ1v) is 6.15. The van der Waals surface area contributed by atoms with E-state index >= 15 is 0 Å². The lowest BCUT2D eigenvalue weighted by molar-refractivity contribution is 0.498. The largest absolute Gasteiger partial charge is 0.271 e. The maximum absolute atomic E-state index is 5.67. The molecule has 90 valence electrons. The van der Waals surface area contributed by atoms with Crippen molar-refractivity contribution in [1.82, 2.24) is 10.4 Å². The molecule has 1 heterocycles. The Kier molecular flexibility index (Phi) is 4.07. The van der Waals surface area contributed by atoms with Crippen LogP contribution in [0.15, 0.2) is 36.7 Å². The molecule has 2 rings (SSSR count). The highest BCUT2D eigenvalue weighted by molar-refractivity contribution is 5.85. The molecule has 0 saturated carbocycles. The smallest absolute Gasteiger partial charge is 0.0466 e. The number of hydrogen-bond acceptors (Lipinski definition) is 3. The summed E-state index contributed by atoms with van der Waals surface area (Å²) in [5, 5.41) is 2.41. The average molecular weight is 229 g/mol. The number of pyridine rings is 1. The van der Waals surface area contributed by atoms with Gasteiger partial charge in [-0.25, -0.2) is 0 Å². The second kappa shape index (κ2) is 5.75. The summed E-state index contributed by atoms with van der Waals surface area (Å²) < 4.78 is 0. The van der Waals surface area contributed by atoms with E-state index in [0.29, 0.717) is 0 Å². The van der Waals surface area contributed by atoms with Crippen LogP contribution < -0.4 is 11.3 Å². The molecule has 0 fully saturated rings. The fourth-order valence-electron chi connectivity index (χ4n) is 2.18. The Bertz CT molecular complexity index is 476. The van der Waals surface area contributed by atoms with Crippen LogP contribution in [0.3, 0.4) is 0 Å². The predicted molar refractivity (Wildman–Crippen MR) is 71.3 cm³/mol. The molecule has 3 nitrogen and oxygen atoms in total. The molecular formula is C14H19N3. The number of aromatic nitrogens is 1. The van der Waals surface area contributed by atoms with Crippen LogP contribution in [-0.2, 0) is 0 Å². The van der Waals surface area contributed by atoms with Gasteiger partial charge in [0.15, 0.2) is 0 Å². The maximum atomic E-state index is 5.67. The van der Waals surface area contributed by atoms with Crippen molar-refractivity contribution in [3.05, 3.63) is 42.2 Å². The van der Waals surface area contributed by atoms with Crippen molar-refractivity contribution in [2.75, 3.05) is 0 Å². The summed E-state index contributed by atoms with van der Waals surface area (Å²) in [5.74, 6) is 5.67. The predicted octanol–water partition coefficient (Wildman–Crippen LogP) is 2.93. The molecule has 17 heavy (non-hydrogen) atoms. The minimum Gasteiger partial charge on any atom is -0.271 e. The van der Waals surface area contributed by atoms with Crippen molar-refractivity contribution in [2.24, 2.45) is 5.84 Å². The molecule has 0 spiro atoms. The molecule has 3 heteroatoms. The summed E-state index contributed by atoms with van der Waals surface area (Å²) in [6, 6.07) is 8.56. The number of unbranched alkanes of at least 4 members (excludes halogenated alkanes) is 1. The van der Waals surface area contributed by atoms with Gasteiger partial charge in [0.05, 0.1) is 0 Å². The molecule has 0 radical (unpaired) electrons. The summed E-state index contributed by atoms with van der Waals surface area (Å²) in [6.45, 7) is 2.19. The third kappa shape index (κ3) is 2.62. The van der Waals surface area contributed by atoms with Gasteiger partial charge in [-0.2, -0.15) is 0 Å². The number of hydrazine groups is 1. The number of fused-ring (bicyclic) bond motifs is 1. The monoisotopic (exact) mass is 229 g/mol. The number of rotatable bonds is 5. The first-order chi connectivity index (χ1) is 8.36. The Morgan fingerprint density at radius 1 is 1.35 bits per heavy atom. The van der Waals surface area contributed by atoms with E-state index in [1.165, 1.54) is 29.2 Å². The Morgan fingerprint density at radius 3 is 3.00 bits per heavy atom. The van der Waals surface area contributed by atoms with Crippen LogP contribution in [0.1, 0.15) is 37.8 Å². The zero-order valence-corrected chi connectivity index (χ0v) is 10.2.